The summed E-state index contributed by atoms with van der Waals surface area (Å²) in [5.74, 6) is 1.70. The Bertz CT molecular complexity index is 709. The summed E-state index contributed by atoms with van der Waals surface area (Å²) in [5, 5.41) is 8.04. The molecule has 1 aliphatic rings. The van der Waals surface area contributed by atoms with Gasteiger partial charge in [0, 0.05) is 50.5 Å². The van der Waals surface area contributed by atoms with Crippen molar-refractivity contribution in [3.8, 4) is 0 Å². The van der Waals surface area contributed by atoms with Crippen molar-refractivity contribution >= 4 is 40.8 Å². The molecule has 1 saturated carbocycles. The molecular formula is C20H31IN4O. The van der Waals surface area contributed by atoms with Gasteiger partial charge in [-0.3, -0.25) is 4.99 Å². The molecule has 2 aromatic rings. The van der Waals surface area contributed by atoms with Gasteiger partial charge in [-0.15, -0.1) is 24.0 Å². The van der Waals surface area contributed by atoms with Crippen molar-refractivity contribution in [3.05, 3.63) is 35.5 Å². The van der Waals surface area contributed by atoms with Crippen LogP contribution in [-0.4, -0.2) is 44.3 Å². The Hall–Kier alpha value is -1.28. The number of aromatic amines is 1. The lowest BCUT2D eigenvalue weighted by Gasteiger charge is -2.11. The lowest BCUT2D eigenvalue weighted by Crippen LogP contribution is -2.39. The molecule has 0 unspecified atom stereocenters. The van der Waals surface area contributed by atoms with E-state index in [1.165, 1.54) is 34.9 Å². The summed E-state index contributed by atoms with van der Waals surface area (Å²) in [5.41, 5.74) is 3.83. The molecule has 1 aromatic heterocycles. The third kappa shape index (κ3) is 6.46. The van der Waals surface area contributed by atoms with Gasteiger partial charge in [0.2, 0.25) is 0 Å². The number of rotatable bonds is 9. The third-order valence-corrected chi connectivity index (χ3v) is 4.64. The molecule has 0 saturated heterocycles. The number of guanidine groups is 1. The summed E-state index contributed by atoms with van der Waals surface area (Å²) in [6, 6.07) is 6.56. The minimum absolute atomic E-state index is 0. The Kier molecular flexibility index (Phi) is 8.71. The maximum Gasteiger partial charge on any atom is 0.190 e. The first kappa shape index (κ1) is 21.0. The molecule has 1 heterocycles. The van der Waals surface area contributed by atoms with E-state index < -0.39 is 0 Å². The maximum atomic E-state index is 5.65. The number of aromatic nitrogens is 1. The molecule has 0 aliphatic heterocycles. The van der Waals surface area contributed by atoms with E-state index in [4.69, 9.17) is 4.74 Å². The van der Waals surface area contributed by atoms with Gasteiger partial charge in [0.15, 0.2) is 5.96 Å². The van der Waals surface area contributed by atoms with E-state index in [9.17, 15) is 0 Å². The van der Waals surface area contributed by atoms with Crippen LogP contribution in [0.5, 0.6) is 0 Å². The lowest BCUT2D eigenvalue weighted by molar-refractivity contribution is 0.123. The topological polar surface area (TPSA) is 61.4 Å². The largest absolute Gasteiger partial charge is 0.381 e. The van der Waals surface area contributed by atoms with Crippen molar-refractivity contribution in [1.82, 2.24) is 15.6 Å². The Morgan fingerprint density at radius 2 is 2.08 bits per heavy atom. The first-order valence-electron chi connectivity index (χ1n) is 9.35. The zero-order valence-corrected chi connectivity index (χ0v) is 18.1. The van der Waals surface area contributed by atoms with E-state index in [0.717, 1.165) is 51.0 Å². The van der Waals surface area contributed by atoms with Gasteiger partial charge in [0.05, 0.1) is 0 Å². The van der Waals surface area contributed by atoms with Crippen molar-refractivity contribution in [2.24, 2.45) is 10.9 Å². The number of aliphatic imine (C=N–C) groups is 1. The van der Waals surface area contributed by atoms with Crippen molar-refractivity contribution < 1.29 is 4.74 Å². The fourth-order valence-corrected chi connectivity index (χ4v) is 2.96. The SMILES string of the molecule is CN=C(NCCCOCC1CC1)NCCc1c[nH]c2cc(C)ccc12.I. The van der Waals surface area contributed by atoms with Gasteiger partial charge in [-0.2, -0.15) is 0 Å². The molecule has 144 valence electrons. The fraction of sp³-hybridized carbons (Fsp3) is 0.550. The number of nitrogens with zero attached hydrogens (tertiary/aromatic N) is 1. The highest BCUT2D eigenvalue weighted by atomic mass is 127. The summed E-state index contributed by atoms with van der Waals surface area (Å²) in [6.07, 6.45) is 6.79. The van der Waals surface area contributed by atoms with Crippen LogP contribution in [0.1, 0.15) is 30.4 Å². The van der Waals surface area contributed by atoms with Gasteiger partial charge >= 0.3 is 0 Å². The smallest absolute Gasteiger partial charge is 0.190 e. The number of halogens is 1. The Morgan fingerprint density at radius 3 is 2.85 bits per heavy atom. The average molecular weight is 470 g/mol. The second kappa shape index (κ2) is 10.8. The quantitative estimate of drug-likeness (QED) is 0.227. The average Bonchev–Trinajstić information content (AvgIpc) is 3.36. The van der Waals surface area contributed by atoms with Crippen LogP contribution in [0.25, 0.3) is 10.9 Å². The van der Waals surface area contributed by atoms with E-state index in [0.29, 0.717) is 0 Å². The predicted octanol–water partition coefficient (Wildman–Crippen LogP) is 3.62. The number of benzene rings is 1. The van der Waals surface area contributed by atoms with Crippen LogP contribution in [-0.2, 0) is 11.2 Å². The summed E-state index contributed by atoms with van der Waals surface area (Å²) in [6.45, 7) is 5.63. The minimum Gasteiger partial charge on any atom is -0.381 e. The normalized spacial score (nSPS) is 14.3. The Labute approximate surface area is 173 Å². The van der Waals surface area contributed by atoms with Crippen LogP contribution in [0.3, 0.4) is 0 Å². The highest BCUT2D eigenvalue weighted by Gasteiger charge is 2.20. The Morgan fingerprint density at radius 1 is 1.27 bits per heavy atom. The monoisotopic (exact) mass is 470 g/mol. The third-order valence-electron chi connectivity index (χ3n) is 4.64. The summed E-state index contributed by atoms with van der Waals surface area (Å²) in [4.78, 5) is 7.64. The highest BCUT2D eigenvalue weighted by molar-refractivity contribution is 14.0. The molecule has 0 atom stereocenters. The molecule has 1 aromatic carbocycles. The van der Waals surface area contributed by atoms with Gasteiger partial charge in [-0.05, 0) is 55.7 Å². The molecule has 0 radical (unpaired) electrons. The van der Waals surface area contributed by atoms with Gasteiger partial charge in [0.25, 0.3) is 0 Å². The second-order valence-electron chi connectivity index (χ2n) is 6.91. The minimum atomic E-state index is 0. The Balaban J connectivity index is 0.00000243. The molecule has 5 nitrogen and oxygen atoms in total. The standard InChI is InChI=1S/C20H30N4O.HI/c1-15-4-7-18-17(13-24-19(18)12-15)8-10-23-20(21-2)22-9-3-11-25-14-16-5-6-16;/h4,7,12-13,16,24H,3,5-6,8-11,14H2,1-2H3,(H2,21,22,23);1H. The van der Waals surface area contributed by atoms with Crippen LogP contribution in [0, 0.1) is 12.8 Å². The number of hydrogen-bond donors (Lipinski definition) is 3. The first-order valence-corrected chi connectivity index (χ1v) is 9.35. The van der Waals surface area contributed by atoms with Gasteiger partial charge in [0.1, 0.15) is 0 Å². The number of fused-ring (bicyclic) bond motifs is 1. The van der Waals surface area contributed by atoms with Crippen molar-refractivity contribution in [3.63, 3.8) is 0 Å². The van der Waals surface area contributed by atoms with E-state index in [1.807, 2.05) is 7.05 Å². The summed E-state index contributed by atoms with van der Waals surface area (Å²) in [7, 11) is 1.81. The van der Waals surface area contributed by atoms with Crippen LogP contribution in [0.4, 0.5) is 0 Å². The zero-order valence-electron chi connectivity index (χ0n) is 15.8. The highest BCUT2D eigenvalue weighted by Crippen LogP contribution is 2.28. The molecule has 0 bridgehead atoms. The molecule has 1 aliphatic carbocycles. The van der Waals surface area contributed by atoms with E-state index >= 15 is 0 Å². The molecular weight excluding hydrogens is 439 g/mol. The number of hydrogen-bond acceptors (Lipinski definition) is 2. The number of nitrogens with one attached hydrogen (secondary N) is 3. The van der Waals surface area contributed by atoms with Crippen LogP contribution >= 0.6 is 24.0 Å². The van der Waals surface area contributed by atoms with Gasteiger partial charge < -0.3 is 20.4 Å². The predicted molar refractivity (Wildman–Crippen MR) is 120 cm³/mol. The van der Waals surface area contributed by atoms with E-state index in [-0.39, 0.29) is 24.0 Å². The zero-order chi connectivity index (χ0) is 17.5. The number of aryl methyl sites for hydroxylation is 1. The van der Waals surface area contributed by atoms with Crippen molar-refractivity contribution in [2.45, 2.75) is 32.6 Å². The van der Waals surface area contributed by atoms with Crippen LogP contribution < -0.4 is 10.6 Å². The molecule has 0 spiro atoms. The summed E-state index contributed by atoms with van der Waals surface area (Å²) >= 11 is 0. The van der Waals surface area contributed by atoms with E-state index in [2.05, 4.69) is 51.9 Å². The lowest BCUT2D eigenvalue weighted by atomic mass is 10.1. The van der Waals surface area contributed by atoms with Crippen molar-refractivity contribution in [2.75, 3.05) is 33.4 Å². The number of ether oxygens (including phenoxy) is 1. The second-order valence-corrected chi connectivity index (χ2v) is 6.91. The van der Waals surface area contributed by atoms with E-state index in [1.54, 1.807) is 0 Å². The first-order chi connectivity index (χ1) is 12.3. The molecule has 1 fully saturated rings. The summed E-state index contributed by atoms with van der Waals surface area (Å²) < 4.78 is 5.65. The molecule has 0 amide bonds. The van der Waals surface area contributed by atoms with Crippen LogP contribution in [0.2, 0.25) is 0 Å². The number of H-pyrrole nitrogens is 1. The van der Waals surface area contributed by atoms with Gasteiger partial charge in [-0.25, -0.2) is 0 Å². The van der Waals surface area contributed by atoms with Crippen LogP contribution in [0.15, 0.2) is 29.4 Å². The molecule has 3 rings (SSSR count). The molecule has 26 heavy (non-hydrogen) atoms. The maximum absolute atomic E-state index is 5.65. The van der Waals surface area contributed by atoms with Crippen molar-refractivity contribution in [1.29, 1.82) is 0 Å². The molecule has 3 N–H and O–H groups in total. The molecule has 6 heteroatoms. The van der Waals surface area contributed by atoms with Gasteiger partial charge in [-0.1, -0.05) is 12.1 Å². The fourth-order valence-electron chi connectivity index (χ4n) is 2.96.